The van der Waals surface area contributed by atoms with Gasteiger partial charge in [-0.3, -0.25) is 19.9 Å². The molecule has 3 aromatic rings. The molecule has 0 spiro atoms. The lowest BCUT2D eigenvalue weighted by Crippen LogP contribution is -2.61. The molecule has 182 valence electrons. The molecule has 1 aromatic heterocycles. The number of aryl methyl sites for hydroxylation is 3. The molecule has 3 atom stereocenters. The zero-order valence-electron chi connectivity index (χ0n) is 19.9. The predicted octanol–water partition coefficient (Wildman–Crippen LogP) is 1.97. The predicted molar refractivity (Wildman–Crippen MR) is 132 cm³/mol. The number of anilines is 2. The minimum atomic E-state index is -0.641. The van der Waals surface area contributed by atoms with Gasteiger partial charge in [-0.05, 0) is 50.1 Å². The summed E-state index contributed by atoms with van der Waals surface area (Å²) >= 11 is 0. The Balaban J connectivity index is 1.32. The first-order chi connectivity index (χ1) is 16.9. The first-order valence-electron chi connectivity index (χ1n) is 11.6. The average molecular weight is 476 g/mol. The first-order valence-corrected chi connectivity index (χ1v) is 11.6. The van der Waals surface area contributed by atoms with Crippen LogP contribution in [0.15, 0.2) is 54.6 Å². The van der Waals surface area contributed by atoms with Crippen LogP contribution in [0.2, 0.25) is 0 Å². The molecule has 2 aromatic carbocycles. The Morgan fingerprint density at radius 1 is 1.14 bits per heavy atom. The summed E-state index contributed by atoms with van der Waals surface area (Å²) in [7, 11) is 0. The summed E-state index contributed by atoms with van der Waals surface area (Å²) < 4.78 is 7.25. The molecule has 5 rings (SSSR count). The number of ether oxygens (including phenoxy) is 1. The molecule has 10 heteroatoms. The Kier molecular flexibility index (Phi) is 6.14. The van der Waals surface area contributed by atoms with Crippen LogP contribution < -0.4 is 31.1 Å². The van der Waals surface area contributed by atoms with Crippen molar-refractivity contribution in [2.24, 2.45) is 5.92 Å². The van der Waals surface area contributed by atoms with Crippen molar-refractivity contribution in [2.45, 2.75) is 33.2 Å². The highest BCUT2D eigenvalue weighted by molar-refractivity contribution is 5.91. The Morgan fingerprint density at radius 2 is 1.97 bits per heavy atom. The molecule has 4 N–H and O–H groups in total. The quantitative estimate of drug-likeness (QED) is 0.431. The van der Waals surface area contributed by atoms with Crippen molar-refractivity contribution >= 4 is 23.3 Å². The monoisotopic (exact) mass is 475 g/mol. The second-order valence-corrected chi connectivity index (χ2v) is 8.92. The van der Waals surface area contributed by atoms with E-state index >= 15 is 0 Å². The van der Waals surface area contributed by atoms with Gasteiger partial charge in [-0.25, -0.2) is 10.1 Å². The van der Waals surface area contributed by atoms with E-state index in [9.17, 15) is 9.59 Å². The molecule has 2 aliphatic rings. The van der Waals surface area contributed by atoms with Crippen molar-refractivity contribution in [2.75, 3.05) is 23.5 Å². The van der Waals surface area contributed by atoms with Crippen LogP contribution in [0.3, 0.4) is 0 Å². The highest BCUT2D eigenvalue weighted by Crippen LogP contribution is 2.28. The van der Waals surface area contributed by atoms with E-state index in [1.165, 1.54) is 0 Å². The molecule has 3 unspecified atom stereocenters. The van der Waals surface area contributed by atoms with E-state index in [0.29, 0.717) is 23.8 Å². The van der Waals surface area contributed by atoms with Crippen LogP contribution in [0, 0.1) is 26.7 Å². The zero-order valence-corrected chi connectivity index (χ0v) is 19.9. The minimum absolute atomic E-state index is 0.0882. The molecular weight excluding hydrogens is 446 g/mol. The lowest BCUT2D eigenvalue weighted by molar-refractivity contribution is -0.129. The van der Waals surface area contributed by atoms with E-state index in [-0.39, 0.29) is 30.5 Å². The normalized spacial score (nSPS) is 21.4. The van der Waals surface area contributed by atoms with Gasteiger partial charge < -0.3 is 15.4 Å². The maximum absolute atomic E-state index is 13.0. The molecule has 10 nitrogen and oxygen atoms in total. The van der Waals surface area contributed by atoms with Crippen molar-refractivity contribution in [1.29, 1.82) is 0 Å². The first kappa shape index (κ1) is 22.9. The van der Waals surface area contributed by atoms with Crippen LogP contribution in [0.4, 0.5) is 11.5 Å². The number of hydrogen-bond acceptors (Lipinski definition) is 7. The zero-order chi connectivity index (χ0) is 24.5. The van der Waals surface area contributed by atoms with Crippen LogP contribution in [-0.4, -0.2) is 40.9 Å². The maximum Gasteiger partial charge on any atom is 0.263 e. The SMILES string of the molecule is Cc1cccc(N2NCC3C(=O)NC(n4nc(C)cc4NC(=O)COc4ccccc4C)NC32)c1. The molecule has 2 aliphatic heterocycles. The van der Waals surface area contributed by atoms with Crippen LogP contribution >= 0.6 is 0 Å². The molecule has 0 bridgehead atoms. The fourth-order valence-corrected chi connectivity index (χ4v) is 4.47. The van der Waals surface area contributed by atoms with Gasteiger partial charge in [-0.1, -0.05) is 30.3 Å². The highest BCUT2D eigenvalue weighted by atomic mass is 16.5. The van der Waals surface area contributed by atoms with Crippen LogP contribution in [0.1, 0.15) is 23.1 Å². The van der Waals surface area contributed by atoms with Gasteiger partial charge in [-0.2, -0.15) is 5.10 Å². The van der Waals surface area contributed by atoms with E-state index in [1.807, 2.05) is 68.2 Å². The number of para-hydroxylation sites is 1. The molecule has 0 aliphatic carbocycles. The van der Waals surface area contributed by atoms with Crippen LogP contribution in [0.5, 0.6) is 5.75 Å². The number of hydrazine groups is 1. The molecule has 2 fully saturated rings. The number of carbonyl (C=O) groups excluding carboxylic acids is 2. The summed E-state index contributed by atoms with van der Waals surface area (Å²) in [5.41, 5.74) is 7.09. The van der Waals surface area contributed by atoms with E-state index in [0.717, 1.165) is 16.8 Å². The molecule has 2 amide bonds. The number of aromatic nitrogens is 2. The van der Waals surface area contributed by atoms with Gasteiger partial charge in [0, 0.05) is 12.6 Å². The summed E-state index contributed by atoms with van der Waals surface area (Å²) in [6.45, 7) is 6.16. The van der Waals surface area contributed by atoms with Crippen molar-refractivity contribution in [3.63, 3.8) is 0 Å². The number of hydrogen-bond donors (Lipinski definition) is 4. The molecule has 0 saturated carbocycles. The largest absolute Gasteiger partial charge is 0.483 e. The van der Waals surface area contributed by atoms with Gasteiger partial charge in [0.25, 0.3) is 5.91 Å². The van der Waals surface area contributed by atoms with Gasteiger partial charge in [0.05, 0.1) is 17.3 Å². The standard InChI is InChI=1S/C25H29N7O3/c1-15-7-6-9-18(11-15)31-23-19(13-26-31)24(34)29-25(28-23)32-21(12-17(3)30-32)27-22(33)14-35-20-10-5-4-8-16(20)2/h4-12,19,23,25-26,28H,13-14H2,1-3H3,(H,27,33)(H,29,34). The summed E-state index contributed by atoms with van der Waals surface area (Å²) in [6, 6.07) is 17.4. The van der Waals surface area contributed by atoms with Gasteiger partial charge in [0.15, 0.2) is 12.9 Å². The fourth-order valence-electron chi connectivity index (χ4n) is 4.47. The summed E-state index contributed by atoms with van der Waals surface area (Å²) in [5, 5.41) is 15.8. The number of rotatable bonds is 6. The summed E-state index contributed by atoms with van der Waals surface area (Å²) in [6.07, 6.45) is -0.926. The Labute approximate surface area is 203 Å². The number of fused-ring (bicyclic) bond motifs is 1. The number of carbonyl (C=O) groups is 2. The van der Waals surface area contributed by atoms with Crippen molar-refractivity contribution in [3.8, 4) is 5.75 Å². The van der Waals surface area contributed by atoms with Crippen LogP contribution in [0.25, 0.3) is 0 Å². The second-order valence-electron chi connectivity index (χ2n) is 8.92. The third-order valence-corrected chi connectivity index (χ3v) is 6.19. The van der Waals surface area contributed by atoms with Crippen molar-refractivity contribution in [1.82, 2.24) is 25.8 Å². The van der Waals surface area contributed by atoms with E-state index in [4.69, 9.17) is 4.74 Å². The Hall–Kier alpha value is -3.89. The Bertz CT molecular complexity index is 1260. The number of benzene rings is 2. The van der Waals surface area contributed by atoms with Gasteiger partial charge in [0.2, 0.25) is 5.91 Å². The fraction of sp³-hybridized carbons (Fsp3) is 0.320. The van der Waals surface area contributed by atoms with Crippen molar-refractivity contribution in [3.05, 3.63) is 71.4 Å². The topological polar surface area (TPSA) is 113 Å². The minimum Gasteiger partial charge on any atom is -0.483 e. The lowest BCUT2D eigenvalue weighted by atomic mass is 10.0. The molecular formula is C25H29N7O3. The number of amides is 2. The van der Waals surface area contributed by atoms with Crippen LogP contribution in [-0.2, 0) is 9.59 Å². The summed E-state index contributed by atoms with van der Waals surface area (Å²) in [4.78, 5) is 25.6. The molecule has 0 radical (unpaired) electrons. The third kappa shape index (κ3) is 4.71. The maximum atomic E-state index is 13.0. The van der Waals surface area contributed by atoms with E-state index in [2.05, 4.69) is 32.5 Å². The molecule has 35 heavy (non-hydrogen) atoms. The smallest absolute Gasteiger partial charge is 0.263 e. The van der Waals surface area contributed by atoms with Gasteiger partial charge in [0.1, 0.15) is 17.7 Å². The molecule has 2 saturated heterocycles. The summed E-state index contributed by atoms with van der Waals surface area (Å²) in [5.74, 6) is 0.437. The van der Waals surface area contributed by atoms with Crippen molar-refractivity contribution < 1.29 is 14.3 Å². The number of nitrogens with zero attached hydrogens (tertiary/aromatic N) is 3. The highest BCUT2D eigenvalue weighted by Gasteiger charge is 2.45. The third-order valence-electron chi connectivity index (χ3n) is 6.19. The average Bonchev–Trinajstić information content (AvgIpc) is 3.42. The van der Waals surface area contributed by atoms with Gasteiger partial charge in [-0.15, -0.1) is 0 Å². The van der Waals surface area contributed by atoms with E-state index in [1.54, 1.807) is 10.7 Å². The van der Waals surface area contributed by atoms with Gasteiger partial charge >= 0.3 is 0 Å². The second kappa shape index (κ2) is 9.40. The number of nitrogens with one attached hydrogen (secondary N) is 4. The van der Waals surface area contributed by atoms with E-state index < -0.39 is 6.29 Å². The molecule has 3 heterocycles. The lowest BCUT2D eigenvalue weighted by Gasteiger charge is -2.37. The Morgan fingerprint density at radius 3 is 2.77 bits per heavy atom.